The van der Waals surface area contributed by atoms with Crippen LogP contribution in [0.2, 0.25) is 5.02 Å². The van der Waals surface area contributed by atoms with Gasteiger partial charge >= 0.3 is 12.1 Å². The van der Waals surface area contributed by atoms with E-state index in [1.807, 2.05) is 36.4 Å². The molecule has 3 aromatic rings. The standard InChI is InChI=1S/C31H29ClF3N3O4S/c1-18(31(33,34)35)36-17-38(26-21-11-5-6-13-24(21)43-16-20-10-7-12-22(32)25(20)26)37-15-14-23(39)28(27(37)29(36)40)42-30(41)19-8-3-2-4-9-19/h5-7,10-15,18-19,26H,2-4,8-9,16-17H2,1H3/t18-,26-/m1/s1. The Morgan fingerprint density at radius 2 is 1.79 bits per heavy atom. The summed E-state index contributed by atoms with van der Waals surface area (Å²) in [5, 5.41) is 2.00. The van der Waals surface area contributed by atoms with Crippen molar-refractivity contribution in [3.8, 4) is 5.75 Å². The highest BCUT2D eigenvalue weighted by atomic mass is 35.5. The molecule has 0 unspecified atom stereocenters. The second-order valence-electron chi connectivity index (χ2n) is 11.1. The summed E-state index contributed by atoms with van der Waals surface area (Å²) in [6.07, 6.45) is 0.389. The molecule has 1 fully saturated rings. The smallest absolute Gasteiger partial charge is 0.408 e. The van der Waals surface area contributed by atoms with Crippen molar-refractivity contribution in [2.75, 3.05) is 11.7 Å². The molecule has 12 heteroatoms. The molecule has 1 aliphatic carbocycles. The van der Waals surface area contributed by atoms with Gasteiger partial charge in [-0.3, -0.25) is 24.1 Å². The Bertz CT molecular complexity index is 1640. The van der Waals surface area contributed by atoms with E-state index in [2.05, 4.69) is 0 Å². The van der Waals surface area contributed by atoms with E-state index in [1.54, 1.807) is 22.8 Å². The Balaban J connectivity index is 1.57. The highest BCUT2D eigenvalue weighted by Crippen LogP contribution is 2.45. The van der Waals surface area contributed by atoms with Crippen molar-refractivity contribution in [1.82, 2.24) is 9.58 Å². The van der Waals surface area contributed by atoms with Gasteiger partial charge in [0.2, 0.25) is 11.2 Å². The van der Waals surface area contributed by atoms with Crippen molar-refractivity contribution < 1.29 is 27.5 Å². The largest absolute Gasteiger partial charge is 0.420 e. The summed E-state index contributed by atoms with van der Waals surface area (Å²) in [5.74, 6) is -2.16. The molecule has 6 rings (SSSR count). The lowest BCUT2D eigenvalue weighted by molar-refractivity contribution is -0.173. The van der Waals surface area contributed by atoms with Crippen molar-refractivity contribution in [2.24, 2.45) is 5.92 Å². The van der Waals surface area contributed by atoms with Crippen molar-refractivity contribution in [1.29, 1.82) is 0 Å². The molecule has 0 saturated heterocycles. The summed E-state index contributed by atoms with van der Waals surface area (Å²) < 4.78 is 49.6. The molecule has 0 spiro atoms. The number of hydrogen-bond acceptors (Lipinski definition) is 6. The van der Waals surface area contributed by atoms with E-state index in [-0.39, 0.29) is 0 Å². The minimum absolute atomic E-state index is 0.415. The van der Waals surface area contributed by atoms with E-state index in [1.165, 1.54) is 16.9 Å². The fourth-order valence-corrected chi connectivity index (χ4v) is 7.50. The summed E-state index contributed by atoms with van der Waals surface area (Å²) in [5.41, 5.74) is 1.15. The SMILES string of the molecule is C[C@@H](N1CN([C@@H]2c3ccccc3SCc3cccc(Cl)c32)n2ccc(=O)c(OC(=O)C3CCCCC3)c2C1=O)C(F)(F)F. The van der Waals surface area contributed by atoms with E-state index in [4.69, 9.17) is 16.3 Å². The zero-order chi connectivity index (χ0) is 30.5. The zero-order valence-corrected chi connectivity index (χ0v) is 24.8. The minimum Gasteiger partial charge on any atom is -0.420 e. The third kappa shape index (κ3) is 5.42. The number of aromatic nitrogens is 1. The topological polar surface area (TPSA) is 71.8 Å². The Morgan fingerprint density at radius 3 is 2.53 bits per heavy atom. The van der Waals surface area contributed by atoms with Crippen LogP contribution in [0, 0.1) is 5.92 Å². The van der Waals surface area contributed by atoms with Gasteiger partial charge in [-0.05, 0) is 43.0 Å². The van der Waals surface area contributed by atoms with Crippen LogP contribution in [0.1, 0.15) is 72.2 Å². The summed E-state index contributed by atoms with van der Waals surface area (Å²) in [4.78, 5) is 41.8. The van der Waals surface area contributed by atoms with Gasteiger partial charge in [-0.1, -0.05) is 61.2 Å². The summed E-state index contributed by atoms with van der Waals surface area (Å²) in [6.45, 7) is 0.429. The van der Waals surface area contributed by atoms with Gasteiger partial charge in [0.05, 0.1) is 5.92 Å². The molecule has 2 atom stereocenters. The average molecular weight is 632 g/mol. The first-order chi connectivity index (χ1) is 20.6. The lowest BCUT2D eigenvalue weighted by Gasteiger charge is -2.46. The van der Waals surface area contributed by atoms with Gasteiger partial charge in [-0.15, -0.1) is 11.8 Å². The first-order valence-electron chi connectivity index (χ1n) is 14.2. The molecular weight excluding hydrogens is 603 g/mol. The number of ether oxygens (including phenoxy) is 1. The van der Waals surface area contributed by atoms with Gasteiger partial charge in [-0.25, -0.2) is 0 Å². The second-order valence-corrected chi connectivity index (χ2v) is 12.5. The molecule has 0 N–H and O–H groups in total. The van der Waals surface area contributed by atoms with Gasteiger partial charge < -0.3 is 9.64 Å². The quantitative estimate of drug-likeness (QED) is 0.299. The van der Waals surface area contributed by atoms with Crippen molar-refractivity contribution in [3.05, 3.63) is 92.4 Å². The van der Waals surface area contributed by atoms with Gasteiger partial charge in [-0.2, -0.15) is 13.2 Å². The molecule has 1 amide bonds. The van der Waals surface area contributed by atoms with Crippen LogP contribution in [0.25, 0.3) is 0 Å². The van der Waals surface area contributed by atoms with Gasteiger partial charge in [0.25, 0.3) is 5.91 Å². The number of amides is 1. The molecule has 226 valence electrons. The number of rotatable bonds is 4. The van der Waals surface area contributed by atoms with Crippen LogP contribution in [0.3, 0.4) is 0 Å². The molecule has 2 aromatic carbocycles. The number of esters is 1. The molecule has 1 saturated carbocycles. The first-order valence-corrected chi connectivity index (χ1v) is 15.5. The van der Waals surface area contributed by atoms with Gasteiger partial charge in [0.1, 0.15) is 18.8 Å². The lowest BCUT2D eigenvalue weighted by atomic mass is 9.89. The maximum absolute atomic E-state index is 14.2. The molecular formula is C31H29ClF3N3O4S. The average Bonchev–Trinajstić information content (AvgIpc) is 3.16. The van der Waals surface area contributed by atoms with E-state index >= 15 is 0 Å². The summed E-state index contributed by atoms with van der Waals surface area (Å²) >= 11 is 8.39. The molecule has 0 bridgehead atoms. The number of carbonyl (C=O) groups is 2. The van der Waals surface area contributed by atoms with Crippen LogP contribution < -0.4 is 15.2 Å². The fourth-order valence-electron chi connectivity index (χ4n) is 6.12. The van der Waals surface area contributed by atoms with E-state index in [0.717, 1.165) is 42.2 Å². The monoisotopic (exact) mass is 631 g/mol. The maximum atomic E-state index is 14.2. The molecule has 7 nitrogen and oxygen atoms in total. The van der Waals surface area contributed by atoms with E-state index < -0.39 is 59.6 Å². The van der Waals surface area contributed by atoms with Crippen LogP contribution in [0.5, 0.6) is 5.75 Å². The first kappa shape index (κ1) is 29.6. The number of hydrogen-bond donors (Lipinski definition) is 0. The lowest BCUT2D eigenvalue weighted by Crippen LogP contribution is -2.60. The normalized spacial score (nSPS) is 19.7. The highest BCUT2D eigenvalue weighted by Gasteiger charge is 2.48. The van der Waals surface area contributed by atoms with Crippen molar-refractivity contribution in [3.63, 3.8) is 0 Å². The van der Waals surface area contributed by atoms with Crippen LogP contribution in [-0.4, -0.2) is 40.3 Å². The van der Waals surface area contributed by atoms with Crippen LogP contribution >= 0.6 is 23.4 Å². The Kier molecular flexibility index (Phi) is 7.97. The Labute approximate surface area is 255 Å². The number of fused-ring (bicyclic) bond motifs is 3. The zero-order valence-electron chi connectivity index (χ0n) is 23.3. The predicted molar refractivity (Wildman–Crippen MR) is 157 cm³/mol. The summed E-state index contributed by atoms with van der Waals surface area (Å²) in [7, 11) is 0. The van der Waals surface area contributed by atoms with Gasteiger partial charge in [0.15, 0.2) is 5.69 Å². The number of pyridine rings is 1. The third-order valence-corrected chi connectivity index (χ3v) is 9.93. The molecule has 3 aliphatic rings. The van der Waals surface area contributed by atoms with Crippen LogP contribution in [0.15, 0.2) is 64.4 Å². The Hall–Kier alpha value is -3.44. The molecule has 2 aliphatic heterocycles. The fraction of sp³-hybridized carbons (Fsp3) is 0.387. The molecule has 43 heavy (non-hydrogen) atoms. The number of benzene rings is 2. The predicted octanol–water partition coefficient (Wildman–Crippen LogP) is 6.68. The summed E-state index contributed by atoms with van der Waals surface area (Å²) in [6, 6.07) is 11.2. The number of thioether (sulfide) groups is 1. The number of nitrogens with zero attached hydrogens (tertiary/aromatic N) is 3. The maximum Gasteiger partial charge on any atom is 0.408 e. The van der Waals surface area contributed by atoms with Crippen molar-refractivity contribution >= 4 is 35.2 Å². The number of carbonyl (C=O) groups excluding carboxylic acids is 2. The molecule has 0 radical (unpaired) electrons. The Morgan fingerprint density at radius 1 is 1.05 bits per heavy atom. The second kappa shape index (κ2) is 11.6. The highest BCUT2D eigenvalue weighted by molar-refractivity contribution is 7.98. The van der Waals surface area contributed by atoms with E-state index in [0.29, 0.717) is 34.1 Å². The number of halogens is 4. The third-order valence-electron chi connectivity index (χ3n) is 8.47. The van der Waals surface area contributed by atoms with Crippen molar-refractivity contribution in [2.45, 2.75) is 67.9 Å². The molecule has 3 heterocycles. The minimum atomic E-state index is -4.76. The number of alkyl halides is 3. The molecule has 1 aromatic heterocycles. The van der Waals surface area contributed by atoms with Gasteiger partial charge in [0, 0.05) is 33.5 Å². The van der Waals surface area contributed by atoms with Crippen LogP contribution in [-0.2, 0) is 10.5 Å². The van der Waals surface area contributed by atoms with E-state index in [9.17, 15) is 27.6 Å². The van der Waals surface area contributed by atoms with Crippen LogP contribution in [0.4, 0.5) is 13.2 Å².